The van der Waals surface area contributed by atoms with Crippen molar-refractivity contribution in [2.45, 2.75) is 12.8 Å². The molecule has 1 aromatic carbocycles. The molecule has 2 aromatic rings. The van der Waals surface area contributed by atoms with Crippen molar-refractivity contribution < 1.29 is 4.74 Å². The Bertz CT molecular complexity index is 1040. The third kappa shape index (κ3) is 2.04. The molecule has 1 aromatic heterocycles. The largest absolute Gasteiger partial charge is 0.423 e. The number of rotatable bonds is 1. The van der Waals surface area contributed by atoms with E-state index < -0.39 is 17.2 Å². The van der Waals surface area contributed by atoms with Gasteiger partial charge in [-0.15, -0.1) is 0 Å². The predicted molar refractivity (Wildman–Crippen MR) is 87.4 cm³/mol. The fourth-order valence-electron chi connectivity index (χ4n) is 3.01. The molecule has 0 fully saturated rings. The summed E-state index contributed by atoms with van der Waals surface area (Å²) in [5.41, 5.74) is 6.96. The second-order valence-electron chi connectivity index (χ2n) is 5.71. The van der Waals surface area contributed by atoms with Gasteiger partial charge in [-0.3, -0.25) is 13.9 Å². The molecule has 0 saturated heterocycles. The van der Waals surface area contributed by atoms with Crippen LogP contribution >= 0.6 is 0 Å². The van der Waals surface area contributed by atoms with E-state index in [2.05, 4.69) is 0 Å². The lowest BCUT2D eigenvalue weighted by Gasteiger charge is -2.28. The summed E-state index contributed by atoms with van der Waals surface area (Å²) >= 11 is 0. The normalized spacial score (nSPS) is 16.3. The van der Waals surface area contributed by atoms with Crippen molar-refractivity contribution in [1.29, 1.82) is 5.26 Å². The summed E-state index contributed by atoms with van der Waals surface area (Å²) in [6, 6.07) is 9.47. The van der Waals surface area contributed by atoms with Gasteiger partial charge >= 0.3 is 5.69 Å². The number of aryl methyl sites for hydroxylation is 1. The van der Waals surface area contributed by atoms with Crippen LogP contribution in [0.4, 0.5) is 0 Å². The van der Waals surface area contributed by atoms with Gasteiger partial charge in [-0.2, -0.15) is 5.26 Å². The molecular formula is C17H16N4O3. The van der Waals surface area contributed by atoms with Crippen molar-refractivity contribution >= 4 is 0 Å². The number of nitrogens with two attached hydrogens (primary N) is 1. The minimum Gasteiger partial charge on any atom is -0.423 e. The van der Waals surface area contributed by atoms with Crippen LogP contribution in [0.25, 0.3) is 0 Å². The van der Waals surface area contributed by atoms with Crippen LogP contribution in [0.15, 0.2) is 45.3 Å². The summed E-state index contributed by atoms with van der Waals surface area (Å²) < 4.78 is 7.69. The number of fused-ring (bicyclic) bond motifs is 1. The summed E-state index contributed by atoms with van der Waals surface area (Å²) in [6.07, 6.45) is 0. The zero-order chi connectivity index (χ0) is 17.6. The lowest BCUT2D eigenvalue weighted by molar-refractivity contribution is 0.348. The van der Waals surface area contributed by atoms with Crippen LogP contribution in [0, 0.1) is 18.3 Å². The van der Waals surface area contributed by atoms with Gasteiger partial charge in [-0.25, -0.2) is 4.79 Å². The number of hydrogen-bond donors (Lipinski definition) is 1. The summed E-state index contributed by atoms with van der Waals surface area (Å²) in [5.74, 6) is -0.695. The minimum atomic E-state index is -0.676. The summed E-state index contributed by atoms with van der Waals surface area (Å²) in [7, 11) is 2.90. The van der Waals surface area contributed by atoms with E-state index in [9.17, 15) is 14.9 Å². The average molecular weight is 324 g/mol. The first-order chi connectivity index (χ1) is 11.4. The molecule has 0 bridgehead atoms. The molecule has 1 atom stereocenters. The molecule has 1 aliphatic rings. The van der Waals surface area contributed by atoms with E-state index >= 15 is 0 Å². The van der Waals surface area contributed by atoms with Gasteiger partial charge in [0.2, 0.25) is 11.8 Å². The van der Waals surface area contributed by atoms with Crippen LogP contribution in [-0.2, 0) is 14.1 Å². The molecule has 7 nitrogen and oxygen atoms in total. The van der Waals surface area contributed by atoms with E-state index in [1.54, 1.807) is 0 Å². The van der Waals surface area contributed by atoms with Gasteiger partial charge in [0, 0.05) is 14.1 Å². The molecule has 0 amide bonds. The number of benzene rings is 1. The molecule has 7 heteroatoms. The summed E-state index contributed by atoms with van der Waals surface area (Å²) in [4.78, 5) is 24.9. The topological polar surface area (TPSA) is 103 Å². The highest BCUT2D eigenvalue weighted by Gasteiger charge is 2.36. The average Bonchev–Trinajstić information content (AvgIpc) is 2.57. The van der Waals surface area contributed by atoms with E-state index in [1.165, 1.54) is 18.7 Å². The van der Waals surface area contributed by atoms with E-state index in [4.69, 9.17) is 10.5 Å². The Morgan fingerprint density at radius 1 is 1.21 bits per heavy atom. The van der Waals surface area contributed by atoms with Gasteiger partial charge in [0.25, 0.3) is 5.56 Å². The van der Waals surface area contributed by atoms with E-state index in [0.29, 0.717) is 0 Å². The van der Waals surface area contributed by atoms with Gasteiger partial charge in [0.15, 0.2) is 0 Å². The van der Waals surface area contributed by atoms with Crippen LogP contribution in [0.2, 0.25) is 0 Å². The first-order valence-corrected chi connectivity index (χ1v) is 7.31. The number of allylic oxidation sites excluding steroid dienone is 1. The summed E-state index contributed by atoms with van der Waals surface area (Å²) in [5, 5.41) is 9.55. The second kappa shape index (κ2) is 5.42. The molecule has 0 saturated carbocycles. The predicted octanol–water partition coefficient (Wildman–Crippen LogP) is 0.611. The van der Waals surface area contributed by atoms with Crippen LogP contribution in [0.1, 0.15) is 22.6 Å². The highest BCUT2D eigenvalue weighted by atomic mass is 16.5. The van der Waals surface area contributed by atoms with Gasteiger partial charge < -0.3 is 10.5 Å². The van der Waals surface area contributed by atoms with Crippen molar-refractivity contribution in [2.24, 2.45) is 19.8 Å². The Kier molecular flexibility index (Phi) is 3.53. The maximum absolute atomic E-state index is 12.7. The lowest BCUT2D eigenvalue weighted by atomic mass is 9.83. The van der Waals surface area contributed by atoms with Crippen molar-refractivity contribution in [2.75, 3.05) is 0 Å². The standard InChI is InChI=1S/C17H16N4O3/c1-9-6-4-5-7-10(9)12-11(8-18)14(19)24-16-13(12)15(22)20(2)17(23)21(16)3/h4-7,12H,19H2,1-3H3/t12-/m1/s1. The van der Waals surface area contributed by atoms with Crippen LogP contribution in [0.5, 0.6) is 5.88 Å². The van der Waals surface area contributed by atoms with Crippen molar-refractivity contribution in [3.8, 4) is 11.9 Å². The maximum Gasteiger partial charge on any atom is 0.333 e. The lowest BCUT2D eigenvalue weighted by Crippen LogP contribution is -2.42. The van der Waals surface area contributed by atoms with E-state index in [-0.39, 0.29) is 22.9 Å². The Hall–Kier alpha value is -3.27. The molecule has 122 valence electrons. The molecule has 1 aliphatic heterocycles. The van der Waals surface area contributed by atoms with Gasteiger partial charge in [-0.1, -0.05) is 24.3 Å². The minimum absolute atomic E-state index is 0.0767. The number of ether oxygens (including phenoxy) is 1. The molecule has 24 heavy (non-hydrogen) atoms. The summed E-state index contributed by atoms with van der Waals surface area (Å²) in [6.45, 7) is 1.89. The molecule has 2 N–H and O–H groups in total. The highest BCUT2D eigenvalue weighted by molar-refractivity contribution is 5.54. The smallest absolute Gasteiger partial charge is 0.333 e. The second-order valence-corrected chi connectivity index (χ2v) is 5.71. The van der Waals surface area contributed by atoms with Crippen LogP contribution in [0.3, 0.4) is 0 Å². The quantitative estimate of drug-likeness (QED) is 0.828. The Morgan fingerprint density at radius 3 is 2.50 bits per heavy atom. The van der Waals surface area contributed by atoms with E-state index in [1.807, 2.05) is 37.3 Å². The zero-order valence-electron chi connectivity index (χ0n) is 13.5. The number of nitriles is 1. The van der Waals surface area contributed by atoms with Crippen molar-refractivity contribution in [3.63, 3.8) is 0 Å². The van der Waals surface area contributed by atoms with E-state index in [0.717, 1.165) is 15.7 Å². The van der Waals surface area contributed by atoms with Gasteiger partial charge in [0.05, 0.1) is 11.5 Å². The Balaban J connectivity index is 2.47. The van der Waals surface area contributed by atoms with Gasteiger partial charge in [-0.05, 0) is 18.1 Å². The van der Waals surface area contributed by atoms with Crippen LogP contribution < -0.4 is 21.7 Å². The molecular weight excluding hydrogens is 308 g/mol. The van der Waals surface area contributed by atoms with Crippen molar-refractivity contribution in [3.05, 3.63) is 73.3 Å². The molecule has 0 radical (unpaired) electrons. The SMILES string of the molecule is Cc1ccccc1[C@@H]1C(C#N)=C(N)Oc2c1c(=O)n(C)c(=O)n2C. The maximum atomic E-state index is 12.7. The monoisotopic (exact) mass is 324 g/mol. The number of nitrogens with zero attached hydrogens (tertiary/aromatic N) is 3. The third-order valence-corrected chi connectivity index (χ3v) is 4.31. The molecule has 0 aliphatic carbocycles. The molecule has 0 spiro atoms. The highest BCUT2D eigenvalue weighted by Crippen LogP contribution is 2.40. The zero-order valence-corrected chi connectivity index (χ0v) is 13.5. The Morgan fingerprint density at radius 2 is 1.88 bits per heavy atom. The fourth-order valence-corrected chi connectivity index (χ4v) is 3.01. The van der Waals surface area contributed by atoms with Crippen LogP contribution in [-0.4, -0.2) is 9.13 Å². The number of aromatic nitrogens is 2. The first-order valence-electron chi connectivity index (χ1n) is 7.31. The van der Waals surface area contributed by atoms with Gasteiger partial charge in [0.1, 0.15) is 11.6 Å². The first kappa shape index (κ1) is 15.6. The Labute approximate surface area is 137 Å². The number of hydrogen-bond acceptors (Lipinski definition) is 5. The van der Waals surface area contributed by atoms with Crippen molar-refractivity contribution in [1.82, 2.24) is 9.13 Å². The molecule has 3 rings (SSSR count). The fraction of sp³-hybridized carbons (Fsp3) is 0.235. The molecule has 2 heterocycles. The molecule has 0 unspecified atom stereocenters. The third-order valence-electron chi connectivity index (χ3n) is 4.31.